The molecule has 3 heterocycles. The Morgan fingerprint density at radius 1 is 1.25 bits per heavy atom. The van der Waals surface area contributed by atoms with Crippen molar-refractivity contribution in [3.05, 3.63) is 59.4 Å². The fraction of sp³-hybridized carbons (Fsp3) is 0.381. The van der Waals surface area contributed by atoms with Crippen LogP contribution in [0.3, 0.4) is 0 Å². The minimum absolute atomic E-state index is 0.0405. The van der Waals surface area contributed by atoms with Gasteiger partial charge in [-0.15, -0.1) is 0 Å². The number of nitrogens with zero attached hydrogens (tertiary/aromatic N) is 2. The summed E-state index contributed by atoms with van der Waals surface area (Å²) in [5, 5.41) is 4.73. The van der Waals surface area contributed by atoms with Gasteiger partial charge in [-0.05, 0) is 47.7 Å². The Kier molecular flexibility index (Phi) is 3.60. The summed E-state index contributed by atoms with van der Waals surface area (Å²) in [5.74, 6) is 1.06. The molecule has 0 unspecified atom stereocenters. The van der Waals surface area contributed by atoms with Crippen molar-refractivity contribution in [2.75, 3.05) is 11.9 Å². The van der Waals surface area contributed by atoms with Crippen molar-refractivity contribution in [2.45, 2.75) is 45.6 Å². The second-order valence-corrected chi connectivity index (χ2v) is 7.44. The molecule has 24 heavy (non-hydrogen) atoms. The first-order valence-corrected chi connectivity index (χ1v) is 8.88. The monoisotopic (exact) mass is 319 g/mol. The van der Waals surface area contributed by atoms with E-state index in [4.69, 9.17) is 0 Å². The van der Waals surface area contributed by atoms with Gasteiger partial charge in [-0.1, -0.05) is 32.9 Å². The lowest BCUT2D eigenvalue weighted by atomic mass is 9.84. The minimum atomic E-state index is 0.0405. The highest BCUT2D eigenvalue weighted by Crippen LogP contribution is 2.31. The van der Waals surface area contributed by atoms with Gasteiger partial charge in [0, 0.05) is 41.8 Å². The number of aromatic nitrogens is 2. The maximum Gasteiger partial charge on any atom is 0.129 e. The average molecular weight is 319 g/mol. The number of hydrogen-bond donors (Lipinski definition) is 1. The van der Waals surface area contributed by atoms with Crippen molar-refractivity contribution in [3.63, 3.8) is 0 Å². The molecule has 0 amide bonds. The molecule has 0 aliphatic carbocycles. The molecule has 3 aromatic rings. The van der Waals surface area contributed by atoms with Gasteiger partial charge in [0.2, 0.25) is 0 Å². The molecular formula is C21H25N3. The number of benzene rings is 1. The summed E-state index contributed by atoms with van der Waals surface area (Å²) in [6, 6.07) is 11.2. The molecule has 1 aliphatic heterocycles. The van der Waals surface area contributed by atoms with Gasteiger partial charge in [0.15, 0.2) is 0 Å². The largest absolute Gasteiger partial charge is 0.370 e. The van der Waals surface area contributed by atoms with Gasteiger partial charge in [-0.2, -0.15) is 0 Å². The Morgan fingerprint density at radius 3 is 2.96 bits per heavy atom. The molecule has 0 atom stereocenters. The van der Waals surface area contributed by atoms with Crippen LogP contribution in [0.2, 0.25) is 0 Å². The molecule has 1 aliphatic rings. The highest BCUT2D eigenvalue weighted by atomic mass is 15.0. The van der Waals surface area contributed by atoms with E-state index in [1.807, 2.05) is 6.20 Å². The van der Waals surface area contributed by atoms with E-state index < -0.39 is 0 Å². The van der Waals surface area contributed by atoms with E-state index in [1.165, 1.54) is 27.6 Å². The fourth-order valence-corrected chi connectivity index (χ4v) is 3.80. The van der Waals surface area contributed by atoms with Crippen LogP contribution in [0.25, 0.3) is 10.9 Å². The second kappa shape index (κ2) is 5.66. The maximum absolute atomic E-state index is 4.62. The minimum Gasteiger partial charge on any atom is -0.370 e. The van der Waals surface area contributed by atoms with Crippen molar-refractivity contribution in [3.8, 4) is 0 Å². The van der Waals surface area contributed by atoms with Crippen molar-refractivity contribution in [1.82, 2.24) is 9.55 Å². The van der Waals surface area contributed by atoms with Gasteiger partial charge >= 0.3 is 0 Å². The summed E-state index contributed by atoms with van der Waals surface area (Å²) in [6.07, 6.45) is 6.43. The van der Waals surface area contributed by atoms with Crippen LogP contribution in [0.1, 0.15) is 37.5 Å². The number of fused-ring (bicyclic) bond motifs is 2. The van der Waals surface area contributed by atoms with E-state index in [2.05, 4.69) is 72.2 Å². The lowest BCUT2D eigenvalue weighted by molar-refractivity contribution is 0.441. The predicted octanol–water partition coefficient (Wildman–Crippen LogP) is 4.54. The van der Waals surface area contributed by atoms with Crippen LogP contribution in [0.15, 0.2) is 42.7 Å². The summed E-state index contributed by atoms with van der Waals surface area (Å²) in [7, 11) is 0. The lowest BCUT2D eigenvalue weighted by Crippen LogP contribution is -2.24. The first kappa shape index (κ1) is 15.3. The number of pyridine rings is 1. The topological polar surface area (TPSA) is 29.9 Å². The fourth-order valence-electron chi connectivity index (χ4n) is 3.80. The molecule has 1 aromatic carbocycles. The Labute approximate surface area is 143 Å². The first-order chi connectivity index (χ1) is 11.6. The third-order valence-electron chi connectivity index (χ3n) is 5.29. The van der Waals surface area contributed by atoms with Gasteiger partial charge < -0.3 is 9.88 Å². The molecular weight excluding hydrogens is 294 g/mol. The molecule has 0 fully saturated rings. The van der Waals surface area contributed by atoms with Crippen molar-refractivity contribution >= 4 is 16.7 Å². The Morgan fingerprint density at radius 2 is 2.12 bits per heavy atom. The van der Waals surface area contributed by atoms with E-state index >= 15 is 0 Å². The lowest BCUT2D eigenvalue weighted by Gasteiger charge is -2.26. The SMILES string of the molecule is CCc1cccc2c1ccn2CC(C)(C)c1cnc2c(c1)CCN2. The second-order valence-electron chi connectivity index (χ2n) is 7.44. The van der Waals surface area contributed by atoms with Crippen molar-refractivity contribution in [2.24, 2.45) is 0 Å². The zero-order valence-electron chi connectivity index (χ0n) is 14.8. The van der Waals surface area contributed by atoms with Gasteiger partial charge in [-0.25, -0.2) is 4.98 Å². The third kappa shape index (κ3) is 2.48. The molecule has 0 radical (unpaired) electrons. The van der Waals surface area contributed by atoms with E-state index in [0.717, 1.165) is 31.7 Å². The number of rotatable bonds is 4. The number of aryl methyl sites for hydroxylation is 1. The molecule has 0 bridgehead atoms. The summed E-state index contributed by atoms with van der Waals surface area (Å²) < 4.78 is 2.39. The van der Waals surface area contributed by atoms with Crippen molar-refractivity contribution in [1.29, 1.82) is 0 Å². The zero-order chi connectivity index (χ0) is 16.7. The van der Waals surface area contributed by atoms with Crippen molar-refractivity contribution < 1.29 is 0 Å². The highest BCUT2D eigenvalue weighted by Gasteiger charge is 2.24. The Hall–Kier alpha value is -2.29. The Bertz CT molecular complexity index is 889. The summed E-state index contributed by atoms with van der Waals surface area (Å²) >= 11 is 0. The molecule has 1 N–H and O–H groups in total. The van der Waals surface area contributed by atoms with Gasteiger partial charge in [0.05, 0.1) is 0 Å². The van der Waals surface area contributed by atoms with E-state index in [9.17, 15) is 0 Å². The molecule has 3 nitrogen and oxygen atoms in total. The maximum atomic E-state index is 4.62. The molecule has 2 aromatic heterocycles. The summed E-state index contributed by atoms with van der Waals surface area (Å²) in [5.41, 5.74) is 5.47. The Balaban J connectivity index is 1.69. The zero-order valence-corrected chi connectivity index (χ0v) is 14.8. The predicted molar refractivity (Wildman–Crippen MR) is 101 cm³/mol. The normalized spacial score (nSPS) is 14.0. The van der Waals surface area contributed by atoms with Crippen LogP contribution in [0, 0.1) is 0 Å². The molecule has 0 spiro atoms. The highest BCUT2D eigenvalue weighted by molar-refractivity contribution is 5.83. The number of nitrogens with one attached hydrogen (secondary N) is 1. The van der Waals surface area contributed by atoms with Crippen LogP contribution >= 0.6 is 0 Å². The van der Waals surface area contributed by atoms with Crippen LogP contribution in [-0.2, 0) is 24.8 Å². The van der Waals surface area contributed by atoms with E-state index in [0.29, 0.717) is 0 Å². The molecule has 0 saturated carbocycles. The van der Waals surface area contributed by atoms with Gasteiger partial charge in [-0.3, -0.25) is 0 Å². The quantitative estimate of drug-likeness (QED) is 0.765. The summed E-state index contributed by atoms with van der Waals surface area (Å²) in [6.45, 7) is 8.81. The van der Waals surface area contributed by atoms with Crippen LogP contribution in [0.4, 0.5) is 5.82 Å². The molecule has 3 heteroatoms. The van der Waals surface area contributed by atoms with Gasteiger partial charge in [0.1, 0.15) is 5.82 Å². The van der Waals surface area contributed by atoms with E-state index in [1.54, 1.807) is 0 Å². The molecule has 0 saturated heterocycles. The summed E-state index contributed by atoms with van der Waals surface area (Å²) in [4.78, 5) is 4.62. The number of hydrogen-bond acceptors (Lipinski definition) is 2. The number of anilines is 1. The van der Waals surface area contributed by atoms with Crippen LogP contribution in [-0.4, -0.2) is 16.1 Å². The van der Waals surface area contributed by atoms with Crippen LogP contribution in [0.5, 0.6) is 0 Å². The average Bonchev–Trinajstić information content (AvgIpc) is 3.20. The standard InChI is InChI=1S/C21H25N3/c1-4-15-6-5-7-19-18(15)9-11-24(19)14-21(2,3)17-12-16-8-10-22-20(16)23-13-17/h5-7,9,11-13H,4,8,10,14H2,1-3H3,(H,22,23). The first-order valence-electron chi connectivity index (χ1n) is 8.88. The molecule has 124 valence electrons. The molecule has 4 rings (SSSR count). The third-order valence-corrected chi connectivity index (χ3v) is 5.29. The van der Waals surface area contributed by atoms with E-state index in [-0.39, 0.29) is 5.41 Å². The van der Waals surface area contributed by atoms with Gasteiger partial charge in [0.25, 0.3) is 0 Å². The van der Waals surface area contributed by atoms with Crippen LogP contribution < -0.4 is 5.32 Å². The smallest absolute Gasteiger partial charge is 0.129 e.